The van der Waals surface area contributed by atoms with Gasteiger partial charge < -0.3 is 5.11 Å². The predicted molar refractivity (Wildman–Crippen MR) is 75.1 cm³/mol. The Morgan fingerprint density at radius 1 is 1.21 bits per heavy atom. The van der Waals surface area contributed by atoms with Crippen molar-refractivity contribution in [3.63, 3.8) is 0 Å². The lowest BCUT2D eigenvalue weighted by atomic mass is 10.0. The summed E-state index contributed by atoms with van der Waals surface area (Å²) < 4.78 is 28.3. The highest BCUT2D eigenvalue weighted by molar-refractivity contribution is 7.87. The van der Waals surface area contributed by atoms with Crippen LogP contribution >= 0.6 is 0 Å². The number of aliphatic carboxylic acids is 1. The lowest BCUT2D eigenvalue weighted by Gasteiger charge is -2.26. The highest BCUT2D eigenvalue weighted by Crippen LogP contribution is 2.10. The van der Waals surface area contributed by atoms with Gasteiger partial charge in [0.25, 0.3) is 10.2 Å². The number of nitrogens with zero attached hydrogens (tertiary/aromatic N) is 1. The Balaban J connectivity index is 4.90. The smallest absolute Gasteiger partial charge is 0.304 e. The molecule has 0 rings (SSSR count). The first-order valence-corrected chi connectivity index (χ1v) is 8.17. The Labute approximate surface area is 116 Å². The van der Waals surface area contributed by atoms with Crippen LogP contribution in [0, 0.1) is 5.92 Å². The van der Waals surface area contributed by atoms with Crippen molar-refractivity contribution in [3.8, 4) is 0 Å². The van der Waals surface area contributed by atoms with Gasteiger partial charge in [-0.1, -0.05) is 27.7 Å². The Bertz CT molecular complexity index is 362. The highest BCUT2D eigenvalue weighted by Gasteiger charge is 2.27. The molecule has 19 heavy (non-hydrogen) atoms. The molecule has 0 heterocycles. The van der Waals surface area contributed by atoms with Crippen molar-refractivity contribution < 1.29 is 18.3 Å². The summed E-state index contributed by atoms with van der Waals surface area (Å²) in [5.41, 5.74) is 0. The summed E-state index contributed by atoms with van der Waals surface area (Å²) in [5, 5.41) is 8.83. The van der Waals surface area contributed by atoms with Crippen molar-refractivity contribution in [2.45, 2.75) is 53.0 Å². The van der Waals surface area contributed by atoms with E-state index in [4.69, 9.17) is 5.11 Å². The largest absolute Gasteiger partial charge is 0.481 e. The van der Waals surface area contributed by atoms with Gasteiger partial charge in [-0.25, -0.2) is 0 Å². The molecule has 1 atom stereocenters. The maximum absolute atomic E-state index is 12.2. The van der Waals surface area contributed by atoms with E-state index in [9.17, 15) is 13.2 Å². The maximum Gasteiger partial charge on any atom is 0.304 e. The van der Waals surface area contributed by atoms with E-state index >= 15 is 0 Å². The number of rotatable bonds is 10. The topological polar surface area (TPSA) is 86.7 Å². The van der Waals surface area contributed by atoms with Gasteiger partial charge in [0.1, 0.15) is 0 Å². The highest BCUT2D eigenvalue weighted by atomic mass is 32.2. The van der Waals surface area contributed by atoms with E-state index in [1.165, 1.54) is 4.31 Å². The van der Waals surface area contributed by atoms with Crippen LogP contribution in [0.3, 0.4) is 0 Å². The normalized spacial score (nSPS) is 14.0. The molecule has 0 aliphatic rings. The number of hydrogen-bond acceptors (Lipinski definition) is 3. The van der Waals surface area contributed by atoms with Crippen LogP contribution in [-0.4, -0.2) is 42.9 Å². The average molecular weight is 294 g/mol. The molecule has 2 N–H and O–H groups in total. The molecular weight excluding hydrogens is 268 g/mol. The molecule has 6 nitrogen and oxygen atoms in total. The van der Waals surface area contributed by atoms with Gasteiger partial charge in [-0.2, -0.15) is 17.4 Å². The van der Waals surface area contributed by atoms with Crippen LogP contribution in [0.5, 0.6) is 0 Å². The third-order valence-electron chi connectivity index (χ3n) is 2.79. The van der Waals surface area contributed by atoms with Gasteiger partial charge in [0.05, 0.1) is 6.42 Å². The van der Waals surface area contributed by atoms with Crippen molar-refractivity contribution in [2.24, 2.45) is 5.92 Å². The molecule has 0 spiro atoms. The molecule has 0 aromatic rings. The second kappa shape index (κ2) is 8.50. The third kappa shape index (κ3) is 6.89. The summed E-state index contributed by atoms with van der Waals surface area (Å²) in [7, 11) is -3.62. The van der Waals surface area contributed by atoms with Gasteiger partial charge >= 0.3 is 5.97 Å². The fraction of sp³-hybridized carbons (Fsp3) is 0.917. The van der Waals surface area contributed by atoms with E-state index in [0.29, 0.717) is 13.1 Å². The molecule has 0 aliphatic carbocycles. The zero-order valence-electron chi connectivity index (χ0n) is 12.2. The second-order valence-electron chi connectivity index (χ2n) is 4.97. The summed E-state index contributed by atoms with van der Waals surface area (Å²) in [6, 6.07) is -0.585. The first-order valence-electron chi connectivity index (χ1n) is 6.73. The fourth-order valence-electron chi connectivity index (χ4n) is 1.72. The van der Waals surface area contributed by atoms with Crippen molar-refractivity contribution >= 4 is 16.2 Å². The van der Waals surface area contributed by atoms with Crippen LogP contribution < -0.4 is 4.72 Å². The summed E-state index contributed by atoms with van der Waals surface area (Å²) in [6.45, 7) is 8.33. The predicted octanol–water partition coefficient (Wildman–Crippen LogP) is 1.44. The minimum absolute atomic E-state index is 0.0732. The molecule has 1 unspecified atom stereocenters. The Morgan fingerprint density at radius 3 is 2.00 bits per heavy atom. The lowest BCUT2D eigenvalue weighted by molar-refractivity contribution is -0.137. The van der Waals surface area contributed by atoms with Crippen LogP contribution in [0.4, 0.5) is 0 Å². The Kier molecular flexibility index (Phi) is 8.20. The molecule has 0 aromatic carbocycles. The minimum Gasteiger partial charge on any atom is -0.481 e. The molecule has 0 saturated carbocycles. The van der Waals surface area contributed by atoms with Crippen molar-refractivity contribution in [3.05, 3.63) is 0 Å². The summed E-state index contributed by atoms with van der Waals surface area (Å²) in [6.07, 6.45) is 1.25. The quantitative estimate of drug-likeness (QED) is 0.638. The molecule has 0 radical (unpaired) electrons. The standard InChI is InChI=1S/C12H26N2O4S/c1-5-7-14(8-6-2)19(17,18)13-11(10(3)4)9-12(15)16/h10-11,13H,5-9H2,1-4H3,(H,15,16). The van der Waals surface area contributed by atoms with Gasteiger partial charge in [0.15, 0.2) is 0 Å². The van der Waals surface area contributed by atoms with E-state index in [-0.39, 0.29) is 12.3 Å². The Hall–Kier alpha value is -0.660. The molecule has 0 aromatic heterocycles. The molecular formula is C12H26N2O4S. The van der Waals surface area contributed by atoms with Crippen LogP contribution in [0.2, 0.25) is 0 Å². The Morgan fingerprint density at radius 2 is 1.68 bits per heavy atom. The van der Waals surface area contributed by atoms with Gasteiger partial charge in [-0.15, -0.1) is 0 Å². The van der Waals surface area contributed by atoms with Crippen molar-refractivity contribution in [2.75, 3.05) is 13.1 Å². The van der Waals surface area contributed by atoms with Crippen LogP contribution in [0.15, 0.2) is 0 Å². The van der Waals surface area contributed by atoms with E-state index in [0.717, 1.165) is 12.8 Å². The number of carbonyl (C=O) groups is 1. The van der Waals surface area contributed by atoms with Crippen LogP contribution in [-0.2, 0) is 15.0 Å². The van der Waals surface area contributed by atoms with Crippen LogP contribution in [0.25, 0.3) is 0 Å². The van der Waals surface area contributed by atoms with Crippen LogP contribution in [0.1, 0.15) is 47.0 Å². The molecule has 0 bridgehead atoms. The van der Waals surface area contributed by atoms with E-state index in [1.807, 2.05) is 13.8 Å². The maximum atomic E-state index is 12.2. The third-order valence-corrected chi connectivity index (χ3v) is 4.43. The molecule has 0 aliphatic heterocycles. The molecule has 0 fully saturated rings. The van der Waals surface area contributed by atoms with Crippen molar-refractivity contribution in [1.29, 1.82) is 0 Å². The molecule has 7 heteroatoms. The van der Waals surface area contributed by atoms with Crippen molar-refractivity contribution in [1.82, 2.24) is 9.03 Å². The second-order valence-corrected chi connectivity index (χ2v) is 6.67. The van der Waals surface area contributed by atoms with E-state index < -0.39 is 22.2 Å². The fourth-order valence-corrected chi connectivity index (χ4v) is 3.45. The average Bonchev–Trinajstić information content (AvgIpc) is 2.26. The zero-order valence-corrected chi connectivity index (χ0v) is 13.0. The minimum atomic E-state index is -3.62. The first kappa shape index (κ1) is 18.3. The first-order chi connectivity index (χ1) is 8.74. The van der Waals surface area contributed by atoms with Gasteiger partial charge in [-0.3, -0.25) is 4.79 Å². The summed E-state index contributed by atoms with van der Waals surface area (Å²) in [4.78, 5) is 10.8. The SMILES string of the molecule is CCCN(CCC)S(=O)(=O)NC(CC(=O)O)C(C)C. The van der Waals surface area contributed by atoms with E-state index in [1.54, 1.807) is 13.8 Å². The van der Waals surface area contributed by atoms with Gasteiger partial charge in [-0.05, 0) is 18.8 Å². The number of hydrogen-bond donors (Lipinski definition) is 2. The zero-order chi connectivity index (χ0) is 15.1. The number of carboxylic acids is 1. The van der Waals surface area contributed by atoms with Gasteiger partial charge in [0, 0.05) is 19.1 Å². The van der Waals surface area contributed by atoms with Gasteiger partial charge in [0.2, 0.25) is 0 Å². The summed E-state index contributed by atoms with van der Waals surface area (Å²) >= 11 is 0. The summed E-state index contributed by atoms with van der Waals surface area (Å²) in [5.74, 6) is -1.07. The number of carboxylic acid groups (broad SMARTS) is 1. The molecule has 0 amide bonds. The van der Waals surface area contributed by atoms with E-state index in [2.05, 4.69) is 4.72 Å². The molecule has 0 saturated heterocycles. The monoisotopic (exact) mass is 294 g/mol. The molecule has 114 valence electrons. The lowest BCUT2D eigenvalue weighted by Crippen LogP contribution is -2.48. The number of nitrogens with one attached hydrogen (secondary N) is 1.